The Labute approximate surface area is 131 Å². The van der Waals surface area contributed by atoms with Crippen LogP contribution in [-0.4, -0.2) is 29.9 Å². The molecule has 1 aromatic heterocycles. The number of rotatable bonds is 8. The van der Waals surface area contributed by atoms with Crippen LogP contribution < -0.4 is 5.63 Å². The van der Waals surface area contributed by atoms with Gasteiger partial charge in [0, 0.05) is 6.07 Å². The highest BCUT2D eigenvalue weighted by Crippen LogP contribution is 2.60. The van der Waals surface area contributed by atoms with Gasteiger partial charge in [-0.25, -0.2) is 4.79 Å². The molecule has 0 radical (unpaired) electrons. The van der Waals surface area contributed by atoms with E-state index in [-0.39, 0.29) is 17.1 Å². The largest absolute Gasteiger partial charge is 0.507 e. The fourth-order valence-corrected chi connectivity index (χ4v) is 5.78. The van der Waals surface area contributed by atoms with E-state index in [1.165, 1.54) is 13.0 Å². The minimum Gasteiger partial charge on any atom is -0.507 e. The van der Waals surface area contributed by atoms with E-state index >= 15 is 0 Å². The van der Waals surface area contributed by atoms with Crippen LogP contribution in [0.4, 0.5) is 0 Å². The molecule has 0 aromatic carbocycles. The Kier molecular flexibility index (Phi) is 7.09. The first-order valence-corrected chi connectivity index (χ1v) is 10.5. The maximum Gasteiger partial charge on any atom is 0.350 e. The molecule has 1 N–H and O–H groups in total. The van der Waals surface area contributed by atoms with Crippen LogP contribution in [0.2, 0.25) is 0 Å². The molecule has 0 aliphatic heterocycles. The van der Waals surface area contributed by atoms with Crippen molar-refractivity contribution in [1.82, 2.24) is 0 Å². The fourth-order valence-electron chi connectivity index (χ4n) is 1.49. The summed E-state index contributed by atoms with van der Waals surface area (Å²) in [6.45, 7) is 5.81. The lowest BCUT2D eigenvalue weighted by molar-refractivity contribution is 0.101. The van der Waals surface area contributed by atoms with Gasteiger partial charge in [0.15, 0.2) is 5.78 Å². The molecule has 0 atom stereocenters. The zero-order valence-electron chi connectivity index (χ0n) is 12.0. The number of hydrogen-bond acceptors (Lipinski definition) is 8. The van der Waals surface area contributed by atoms with Crippen molar-refractivity contribution in [2.75, 3.05) is 19.0 Å². The van der Waals surface area contributed by atoms with Crippen molar-refractivity contribution in [3.05, 3.63) is 27.8 Å². The Balaban J connectivity index is 2.87. The molecule has 1 heterocycles. The van der Waals surface area contributed by atoms with Gasteiger partial charge in [-0.15, -0.1) is 0 Å². The second-order valence-electron chi connectivity index (χ2n) is 3.88. The van der Waals surface area contributed by atoms with E-state index in [4.69, 9.17) is 25.3 Å². The number of hydrogen-bond donors (Lipinski definition) is 1. The second-order valence-corrected chi connectivity index (χ2v) is 10.2. The standard InChI is InChI=1S/C12H17O6PS2/c1-4-16-19(20,17-5-2)21-7-10(14)11-9(13)6-8(3)18-12(11)15/h6,13H,4-5,7H2,1-3H3. The molecular weight excluding hydrogens is 335 g/mol. The third kappa shape index (κ3) is 5.23. The summed E-state index contributed by atoms with van der Waals surface area (Å²) >= 11 is 6.31. The Morgan fingerprint density at radius 2 is 2.00 bits per heavy atom. The molecule has 0 fully saturated rings. The van der Waals surface area contributed by atoms with Crippen molar-refractivity contribution in [2.24, 2.45) is 0 Å². The van der Waals surface area contributed by atoms with Crippen molar-refractivity contribution >= 4 is 34.7 Å². The van der Waals surface area contributed by atoms with Crippen molar-refractivity contribution in [3.63, 3.8) is 0 Å². The molecule has 1 aromatic rings. The number of Topliss-reactive ketones (excluding diaryl/α,β-unsaturated/α-hetero) is 1. The zero-order chi connectivity index (χ0) is 16.0. The molecule has 9 heteroatoms. The topological polar surface area (TPSA) is 86.0 Å². The van der Waals surface area contributed by atoms with Crippen molar-refractivity contribution in [2.45, 2.75) is 20.8 Å². The van der Waals surface area contributed by atoms with Crippen LogP contribution in [0.1, 0.15) is 30.0 Å². The van der Waals surface area contributed by atoms with Crippen LogP contribution in [0.15, 0.2) is 15.3 Å². The van der Waals surface area contributed by atoms with Crippen LogP contribution in [0.3, 0.4) is 0 Å². The molecule has 21 heavy (non-hydrogen) atoms. The summed E-state index contributed by atoms with van der Waals surface area (Å²) in [5.41, 5.74) is -3.85. The molecular formula is C12H17O6PS2. The van der Waals surface area contributed by atoms with Gasteiger partial charge < -0.3 is 18.6 Å². The lowest BCUT2D eigenvalue weighted by Crippen LogP contribution is -2.16. The molecule has 6 nitrogen and oxygen atoms in total. The number of aryl methyl sites for hydroxylation is 1. The number of carbonyl (C=O) groups excluding carboxylic acids is 1. The molecule has 0 saturated carbocycles. The predicted molar refractivity (Wildman–Crippen MR) is 85.7 cm³/mol. The number of aromatic hydroxyl groups is 1. The van der Waals surface area contributed by atoms with E-state index in [9.17, 15) is 14.7 Å². The van der Waals surface area contributed by atoms with Crippen molar-refractivity contribution in [1.29, 1.82) is 0 Å². The molecule has 0 aliphatic rings. The second kappa shape index (κ2) is 8.10. The Morgan fingerprint density at radius 3 is 2.48 bits per heavy atom. The summed E-state index contributed by atoms with van der Waals surface area (Å²) in [7, 11) is 0. The normalized spacial score (nSPS) is 11.6. The number of carbonyl (C=O) groups is 1. The molecule has 0 bridgehead atoms. The average molecular weight is 352 g/mol. The molecule has 0 unspecified atom stereocenters. The SMILES string of the molecule is CCOP(=S)(OCC)SCC(=O)c1c(O)cc(C)oc1=O. The van der Waals surface area contributed by atoms with Crippen LogP contribution >= 0.6 is 17.1 Å². The van der Waals surface area contributed by atoms with Crippen LogP contribution in [0.5, 0.6) is 5.75 Å². The van der Waals surface area contributed by atoms with Crippen molar-refractivity contribution in [3.8, 4) is 5.75 Å². The summed E-state index contributed by atoms with van der Waals surface area (Å²) in [4.78, 5) is 23.7. The lowest BCUT2D eigenvalue weighted by atomic mass is 10.2. The summed E-state index contributed by atoms with van der Waals surface area (Å²) in [6.07, 6.45) is 0. The predicted octanol–water partition coefficient (Wildman–Crippen LogP) is 2.87. The first-order chi connectivity index (χ1) is 9.83. The maximum absolute atomic E-state index is 12.1. The third-order valence-electron chi connectivity index (χ3n) is 2.26. The minimum atomic E-state index is -2.62. The number of ketones is 1. The molecule has 0 aliphatic carbocycles. The Hall–Kier alpha value is -0.660. The summed E-state index contributed by atoms with van der Waals surface area (Å²) < 4.78 is 15.6. The molecule has 118 valence electrons. The summed E-state index contributed by atoms with van der Waals surface area (Å²) in [5.74, 6) is -0.857. The molecule has 0 saturated heterocycles. The monoisotopic (exact) mass is 352 g/mol. The zero-order valence-corrected chi connectivity index (χ0v) is 14.5. The highest BCUT2D eigenvalue weighted by Gasteiger charge is 2.24. The van der Waals surface area contributed by atoms with E-state index in [0.717, 1.165) is 11.4 Å². The van der Waals surface area contributed by atoms with E-state index in [1.807, 2.05) is 0 Å². The highest BCUT2D eigenvalue weighted by atomic mass is 32.9. The van der Waals surface area contributed by atoms with Crippen LogP contribution in [-0.2, 0) is 20.9 Å². The van der Waals surface area contributed by atoms with E-state index in [2.05, 4.69) is 0 Å². The van der Waals surface area contributed by atoms with E-state index in [0.29, 0.717) is 13.2 Å². The Morgan fingerprint density at radius 1 is 1.43 bits per heavy atom. The van der Waals surface area contributed by atoms with Gasteiger partial charge in [-0.2, -0.15) is 0 Å². The minimum absolute atomic E-state index is 0.126. The van der Waals surface area contributed by atoms with Crippen LogP contribution in [0, 0.1) is 6.92 Å². The maximum atomic E-state index is 12.1. The van der Waals surface area contributed by atoms with Gasteiger partial charge in [-0.1, -0.05) is 11.4 Å². The summed E-state index contributed by atoms with van der Waals surface area (Å²) in [6, 6.07) is 1.22. The average Bonchev–Trinajstić information content (AvgIpc) is 2.36. The molecule has 0 amide bonds. The molecule has 0 spiro atoms. The molecule has 1 rings (SSSR count). The lowest BCUT2D eigenvalue weighted by Gasteiger charge is -2.19. The first-order valence-electron chi connectivity index (χ1n) is 6.23. The smallest absolute Gasteiger partial charge is 0.350 e. The fraction of sp³-hybridized carbons (Fsp3) is 0.500. The van der Waals surface area contributed by atoms with Gasteiger partial charge in [0.1, 0.15) is 17.1 Å². The summed E-state index contributed by atoms with van der Waals surface area (Å²) in [5, 5.41) is 9.71. The van der Waals surface area contributed by atoms with E-state index in [1.54, 1.807) is 13.8 Å². The Bertz CT molecular complexity index is 602. The van der Waals surface area contributed by atoms with Gasteiger partial charge >= 0.3 is 5.63 Å². The van der Waals surface area contributed by atoms with Crippen LogP contribution in [0.25, 0.3) is 0 Å². The van der Waals surface area contributed by atoms with Crippen molar-refractivity contribution < 1.29 is 23.4 Å². The van der Waals surface area contributed by atoms with Gasteiger partial charge in [0.25, 0.3) is 0 Å². The highest BCUT2D eigenvalue weighted by molar-refractivity contribution is 8.68. The first kappa shape index (κ1) is 18.4. The van der Waals surface area contributed by atoms with Gasteiger partial charge in [0.2, 0.25) is 5.69 Å². The quantitative estimate of drug-likeness (QED) is 0.565. The van der Waals surface area contributed by atoms with Gasteiger partial charge in [-0.3, -0.25) is 4.79 Å². The van der Waals surface area contributed by atoms with Gasteiger partial charge in [0.05, 0.1) is 19.0 Å². The third-order valence-corrected chi connectivity index (χ3v) is 7.67. The van der Waals surface area contributed by atoms with E-state index < -0.39 is 22.9 Å². The van der Waals surface area contributed by atoms with Gasteiger partial charge in [-0.05, 0) is 32.6 Å².